The molecule has 9 heteroatoms. The highest BCUT2D eigenvalue weighted by Crippen LogP contribution is 2.31. The van der Waals surface area contributed by atoms with Gasteiger partial charge in [-0.3, -0.25) is 14.6 Å². The molecule has 7 nitrogen and oxygen atoms in total. The molecule has 0 saturated carbocycles. The topological polar surface area (TPSA) is 103 Å². The lowest BCUT2D eigenvalue weighted by Gasteiger charge is -2.10. The molecule has 0 aliphatic heterocycles. The van der Waals surface area contributed by atoms with E-state index in [1.165, 1.54) is 13.1 Å². The van der Waals surface area contributed by atoms with Gasteiger partial charge in [-0.2, -0.15) is 9.78 Å². The van der Waals surface area contributed by atoms with Crippen molar-refractivity contribution in [2.45, 2.75) is 6.92 Å². The summed E-state index contributed by atoms with van der Waals surface area (Å²) >= 11 is 12.2. The average molecular weight is 414 g/mol. The van der Waals surface area contributed by atoms with Crippen molar-refractivity contribution in [1.82, 2.24) is 14.8 Å². The molecular formula is C19H13Cl2N5O2. The van der Waals surface area contributed by atoms with E-state index < -0.39 is 5.91 Å². The van der Waals surface area contributed by atoms with Gasteiger partial charge in [0.2, 0.25) is 5.91 Å². The Hall–Kier alpha value is -3.16. The highest BCUT2D eigenvalue weighted by atomic mass is 35.5. The van der Waals surface area contributed by atoms with E-state index in [9.17, 15) is 9.59 Å². The summed E-state index contributed by atoms with van der Waals surface area (Å²) in [6.45, 7) is 1.37. The zero-order valence-electron chi connectivity index (χ0n) is 14.5. The van der Waals surface area contributed by atoms with Crippen molar-refractivity contribution in [3.63, 3.8) is 0 Å². The molecule has 0 spiro atoms. The van der Waals surface area contributed by atoms with Crippen LogP contribution < -0.4 is 11.1 Å². The fourth-order valence-electron chi connectivity index (χ4n) is 3.01. The van der Waals surface area contributed by atoms with Gasteiger partial charge in [-0.15, -0.1) is 0 Å². The highest BCUT2D eigenvalue weighted by Gasteiger charge is 2.18. The van der Waals surface area contributed by atoms with Crippen LogP contribution in [0.4, 0.5) is 11.5 Å². The molecule has 140 valence electrons. The van der Waals surface area contributed by atoms with Crippen LogP contribution in [0.5, 0.6) is 0 Å². The Bertz CT molecular complexity index is 1260. The SMILES string of the molecule is CC(=O)n1nc2c(cnc3c(NC(=O)c4c(Cl)cccc4Cl)cccc32)c1N. The Kier molecular flexibility index (Phi) is 4.41. The third-order valence-corrected chi connectivity index (χ3v) is 4.94. The lowest BCUT2D eigenvalue weighted by atomic mass is 10.1. The number of rotatable bonds is 2. The first kappa shape index (κ1) is 18.2. The van der Waals surface area contributed by atoms with E-state index in [2.05, 4.69) is 15.4 Å². The van der Waals surface area contributed by atoms with Crippen molar-refractivity contribution in [2.75, 3.05) is 11.1 Å². The number of nitrogens with two attached hydrogens (primary N) is 1. The lowest BCUT2D eigenvalue weighted by molar-refractivity contribution is 0.0924. The van der Waals surface area contributed by atoms with Crippen molar-refractivity contribution in [1.29, 1.82) is 0 Å². The number of anilines is 2. The molecule has 3 N–H and O–H groups in total. The number of carbonyl (C=O) groups excluding carboxylic acids is 2. The standard InChI is InChI=1S/C19H13Cl2N5O2/c1-9(27)26-18(22)11-8-23-17-10(16(11)25-26)4-2-7-14(17)24-19(28)15-12(20)5-3-6-13(15)21/h2-8H,22H2,1H3,(H,24,28). The van der Waals surface area contributed by atoms with E-state index in [1.807, 2.05) is 0 Å². The van der Waals surface area contributed by atoms with Gasteiger partial charge >= 0.3 is 0 Å². The Morgan fingerprint density at radius 3 is 2.39 bits per heavy atom. The fraction of sp³-hybridized carbons (Fsp3) is 0.0526. The highest BCUT2D eigenvalue weighted by molar-refractivity contribution is 6.40. The molecule has 2 heterocycles. The third kappa shape index (κ3) is 2.85. The Balaban J connectivity index is 1.85. The van der Waals surface area contributed by atoms with Crippen LogP contribution in [0.3, 0.4) is 0 Å². The van der Waals surface area contributed by atoms with Gasteiger partial charge in [0.15, 0.2) is 0 Å². The van der Waals surface area contributed by atoms with Crippen LogP contribution in [0, 0.1) is 0 Å². The van der Waals surface area contributed by atoms with Gasteiger partial charge < -0.3 is 11.1 Å². The summed E-state index contributed by atoms with van der Waals surface area (Å²) < 4.78 is 1.13. The molecule has 2 aromatic carbocycles. The number of fused-ring (bicyclic) bond motifs is 3. The van der Waals surface area contributed by atoms with Crippen molar-refractivity contribution < 1.29 is 9.59 Å². The van der Waals surface area contributed by atoms with Crippen LogP contribution >= 0.6 is 23.2 Å². The molecule has 0 saturated heterocycles. The Morgan fingerprint density at radius 1 is 1.04 bits per heavy atom. The van der Waals surface area contributed by atoms with Gasteiger partial charge in [0.05, 0.1) is 32.2 Å². The van der Waals surface area contributed by atoms with Crippen LogP contribution in [0.15, 0.2) is 42.6 Å². The normalized spacial score (nSPS) is 11.1. The van der Waals surface area contributed by atoms with Crippen molar-refractivity contribution >= 4 is 68.3 Å². The molecule has 2 aromatic heterocycles. The van der Waals surface area contributed by atoms with Gasteiger partial charge in [0, 0.05) is 18.5 Å². The summed E-state index contributed by atoms with van der Waals surface area (Å²) in [6.07, 6.45) is 1.53. The number of halogens is 2. The maximum Gasteiger partial charge on any atom is 0.258 e. The summed E-state index contributed by atoms with van der Waals surface area (Å²) in [5.41, 5.74) is 7.65. The van der Waals surface area contributed by atoms with Crippen LogP contribution in [0.2, 0.25) is 10.0 Å². The molecule has 4 aromatic rings. The maximum atomic E-state index is 12.7. The van der Waals surface area contributed by atoms with Gasteiger partial charge in [-0.1, -0.05) is 41.4 Å². The number of hydrogen-bond donors (Lipinski definition) is 2. The molecule has 4 rings (SSSR count). The summed E-state index contributed by atoms with van der Waals surface area (Å²) in [6, 6.07) is 10.1. The average Bonchev–Trinajstić information content (AvgIpc) is 2.99. The monoisotopic (exact) mass is 413 g/mol. The number of pyridine rings is 1. The minimum atomic E-state index is -0.459. The number of nitrogens with zero attached hydrogens (tertiary/aromatic N) is 3. The van der Waals surface area contributed by atoms with Gasteiger partial charge in [-0.05, 0) is 18.2 Å². The second kappa shape index (κ2) is 6.78. The second-order valence-electron chi connectivity index (χ2n) is 6.09. The number of amides is 1. The van der Waals surface area contributed by atoms with Crippen LogP contribution in [0.1, 0.15) is 22.1 Å². The molecule has 0 atom stereocenters. The van der Waals surface area contributed by atoms with E-state index in [-0.39, 0.29) is 27.3 Å². The summed E-state index contributed by atoms with van der Waals surface area (Å²) in [5, 5.41) is 8.77. The summed E-state index contributed by atoms with van der Waals surface area (Å²) in [5.74, 6) is -0.548. The van der Waals surface area contributed by atoms with Gasteiger partial charge in [0.25, 0.3) is 5.91 Å². The van der Waals surface area contributed by atoms with E-state index in [0.717, 1.165) is 4.68 Å². The molecule has 0 bridgehead atoms. The maximum absolute atomic E-state index is 12.7. The van der Waals surface area contributed by atoms with E-state index in [4.69, 9.17) is 28.9 Å². The largest absolute Gasteiger partial charge is 0.383 e. The number of nitrogen functional groups attached to an aromatic ring is 1. The Morgan fingerprint density at radius 2 is 1.71 bits per heavy atom. The minimum absolute atomic E-state index is 0.175. The number of nitrogens with one attached hydrogen (secondary N) is 1. The summed E-state index contributed by atoms with van der Waals surface area (Å²) in [4.78, 5) is 28.9. The van der Waals surface area contributed by atoms with Gasteiger partial charge in [-0.25, -0.2) is 0 Å². The molecule has 0 aliphatic rings. The number of aromatic nitrogens is 3. The molecule has 0 unspecified atom stereocenters. The van der Waals surface area contributed by atoms with E-state index >= 15 is 0 Å². The lowest BCUT2D eigenvalue weighted by Crippen LogP contribution is -2.13. The Labute approximate surface area is 169 Å². The summed E-state index contributed by atoms with van der Waals surface area (Å²) in [7, 11) is 0. The predicted molar refractivity (Wildman–Crippen MR) is 110 cm³/mol. The molecule has 28 heavy (non-hydrogen) atoms. The first-order valence-electron chi connectivity index (χ1n) is 8.20. The molecular weight excluding hydrogens is 401 g/mol. The smallest absolute Gasteiger partial charge is 0.258 e. The number of benzene rings is 2. The van der Waals surface area contributed by atoms with Crippen LogP contribution in [-0.4, -0.2) is 26.6 Å². The van der Waals surface area contributed by atoms with Crippen molar-refractivity contribution in [3.8, 4) is 0 Å². The molecule has 0 aliphatic carbocycles. The van der Waals surface area contributed by atoms with Crippen molar-refractivity contribution in [2.24, 2.45) is 0 Å². The fourth-order valence-corrected chi connectivity index (χ4v) is 3.58. The van der Waals surface area contributed by atoms with E-state index in [0.29, 0.717) is 27.5 Å². The third-order valence-electron chi connectivity index (χ3n) is 4.31. The number of carbonyl (C=O) groups is 2. The van der Waals surface area contributed by atoms with Crippen LogP contribution in [0.25, 0.3) is 21.8 Å². The van der Waals surface area contributed by atoms with Gasteiger partial charge in [0.1, 0.15) is 11.3 Å². The number of para-hydroxylation sites is 1. The minimum Gasteiger partial charge on any atom is -0.383 e. The van der Waals surface area contributed by atoms with Crippen LogP contribution in [-0.2, 0) is 0 Å². The van der Waals surface area contributed by atoms with E-state index in [1.54, 1.807) is 36.4 Å². The quantitative estimate of drug-likeness (QED) is 0.507. The number of hydrogen-bond acceptors (Lipinski definition) is 5. The zero-order chi connectivity index (χ0) is 20.0. The first-order chi connectivity index (χ1) is 13.4. The zero-order valence-corrected chi connectivity index (χ0v) is 16.0. The molecule has 0 radical (unpaired) electrons. The predicted octanol–water partition coefficient (Wildman–Crippen LogP) is 4.39. The van der Waals surface area contributed by atoms with Crippen molar-refractivity contribution in [3.05, 3.63) is 58.2 Å². The first-order valence-corrected chi connectivity index (χ1v) is 8.96. The molecule has 1 amide bonds. The molecule has 0 fully saturated rings. The second-order valence-corrected chi connectivity index (χ2v) is 6.90.